The molecule has 1 aliphatic carbocycles. The van der Waals surface area contributed by atoms with Crippen LogP contribution in [0.2, 0.25) is 0 Å². The number of hydrogen-bond donors (Lipinski definition) is 1. The SMILES string of the molecule is CCCN(CCC)CC1CCCC1N. The molecule has 0 aliphatic heterocycles. The van der Waals surface area contributed by atoms with Gasteiger partial charge in [-0.2, -0.15) is 0 Å². The van der Waals surface area contributed by atoms with Gasteiger partial charge in [-0.15, -0.1) is 0 Å². The molecular weight excluding hydrogens is 172 g/mol. The van der Waals surface area contributed by atoms with Crippen LogP contribution in [0.1, 0.15) is 46.0 Å². The second kappa shape index (κ2) is 6.41. The topological polar surface area (TPSA) is 29.3 Å². The smallest absolute Gasteiger partial charge is 0.00793 e. The molecule has 0 aromatic carbocycles. The van der Waals surface area contributed by atoms with Crippen molar-refractivity contribution < 1.29 is 0 Å². The maximum Gasteiger partial charge on any atom is 0.00793 e. The Bertz CT molecular complexity index is 141. The first-order valence-electron chi connectivity index (χ1n) is 6.25. The summed E-state index contributed by atoms with van der Waals surface area (Å²) in [5.41, 5.74) is 6.09. The lowest BCUT2D eigenvalue weighted by atomic mass is 10.0. The van der Waals surface area contributed by atoms with Crippen LogP contribution >= 0.6 is 0 Å². The molecule has 2 atom stereocenters. The van der Waals surface area contributed by atoms with Crippen LogP contribution in [0.4, 0.5) is 0 Å². The Morgan fingerprint density at radius 1 is 1.14 bits per heavy atom. The van der Waals surface area contributed by atoms with Crippen molar-refractivity contribution in [3.63, 3.8) is 0 Å². The lowest BCUT2D eigenvalue weighted by Gasteiger charge is -2.26. The van der Waals surface area contributed by atoms with Gasteiger partial charge in [0.2, 0.25) is 0 Å². The van der Waals surface area contributed by atoms with Crippen LogP contribution in [0.5, 0.6) is 0 Å². The van der Waals surface area contributed by atoms with Crippen LogP contribution < -0.4 is 5.73 Å². The molecule has 14 heavy (non-hydrogen) atoms. The molecule has 1 aliphatic rings. The molecule has 0 aromatic heterocycles. The molecule has 0 spiro atoms. The van der Waals surface area contributed by atoms with Crippen LogP contribution in [-0.2, 0) is 0 Å². The van der Waals surface area contributed by atoms with E-state index in [1.54, 1.807) is 0 Å². The van der Waals surface area contributed by atoms with Crippen molar-refractivity contribution in [1.82, 2.24) is 4.90 Å². The normalized spacial score (nSPS) is 27.4. The van der Waals surface area contributed by atoms with E-state index in [1.165, 1.54) is 51.7 Å². The first kappa shape index (κ1) is 12.0. The van der Waals surface area contributed by atoms with Gasteiger partial charge in [0.1, 0.15) is 0 Å². The zero-order chi connectivity index (χ0) is 10.4. The van der Waals surface area contributed by atoms with Crippen molar-refractivity contribution in [2.24, 2.45) is 11.7 Å². The predicted octanol–water partition coefficient (Wildman–Crippen LogP) is 2.24. The van der Waals surface area contributed by atoms with E-state index in [9.17, 15) is 0 Å². The van der Waals surface area contributed by atoms with Crippen molar-refractivity contribution in [1.29, 1.82) is 0 Å². The highest BCUT2D eigenvalue weighted by Crippen LogP contribution is 2.24. The summed E-state index contributed by atoms with van der Waals surface area (Å²) in [6.45, 7) is 8.26. The molecule has 0 saturated heterocycles. The fraction of sp³-hybridized carbons (Fsp3) is 1.00. The first-order valence-corrected chi connectivity index (χ1v) is 6.25. The van der Waals surface area contributed by atoms with Gasteiger partial charge in [-0.1, -0.05) is 20.3 Å². The van der Waals surface area contributed by atoms with E-state index in [2.05, 4.69) is 18.7 Å². The molecule has 2 unspecified atom stereocenters. The van der Waals surface area contributed by atoms with Crippen LogP contribution in [0.15, 0.2) is 0 Å². The molecule has 2 heteroatoms. The summed E-state index contributed by atoms with van der Waals surface area (Å²) in [6.07, 6.45) is 6.48. The van der Waals surface area contributed by atoms with Crippen molar-refractivity contribution in [2.75, 3.05) is 19.6 Å². The van der Waals surface area contributed by atoms with Crippen LogP contribution in [0.25, 0.3) is 0 Å². The number of nitrogens with two attached hydrogens (primary N) is 1. The summed E-state index contributed by atoms with van der Waals surface area (Å²) in [5.74, 6) is 0.771. The van der Waals surface area contributed by atoms with Gasteiger partial charge < -0.3 is 10.6 Å². The van der Waals surface area contributed by atoms with Gasteiger partial charge in [0.15, 0.2) is 0 Å². The monoisotopic (exact) mass is 198 g/mol. The van der Waals surface area contributed by atoms with Gasteiger partial charge in [-0.3, -0.25) is 0 Å². The Kier molecular flexibility index (Phi) is 5.49. The maximum atomic E-state index is 6.09. The first-order chi connectivity index (χ1) is 6.77. The Morgan fingerprint density at radius 2 is 1.79 bits per heavy atom. The van der Waals surface area contributed by atoms with Gasteiger partial charge in [-0.05, 0) is 44.7 Å². The molecule has 2 N–H and O–H groups in total. The second-order valence-corrected chi connectivity index (χ2v) is 4.66. The van der Waals surface area contributed by atoms with Crippen LogP contribution in [-0.4, -0.2) is 30.6 Å². The van der Waals surface area contributed by atoms with E-state index in [0.29, 0.717) is 6.04 Å². The summed E-state index contributed by atoms with van der Waals surface area (Å²) in [5, 5.41) is 0. The van der Waals surface area contributed by atoms with Gasteiger partial charge in [0.25, 0.3) is 0 Å². The van der Waals surface area contributed by atoms with E-state index in [-0.39, 0.29) is 0 Å². The number of rotatable bonds is 6. The minimum Gasteiger partial charge on any atom is -0.327 e. The van der Waals surface area contributed by atoms with E-state index >= 15 is 0 Å². The summed E-state index contributed by atoms with van der Waals surface area (Å²) >= 11 is 0. The number of hydrogen-bond acceptors (Lipinski definition) is 2. The molecule has 0 aromatic rings. The highest BCUT2D eigenvalue weighted by Gasteiger charge is 2.25. The molecule has 1 saturated carbocycles. The Morgan fingerprint density at radius 3 is 2.21 bits per heavy atom. The molecular formula is C12H26N2. The Balaban J connectivity index is 2.29. The minimum absolute atomic E-state index is 0.478. The zero-order valence-corrected chi connectivity index (χ0v) is 9.84. The average Bonchev–Trinajstić information content (AvgIpc) is 2.53. The van der Waals surface area contributed by atoms with Gasteiger partial charge in [0.05, 0.1) is 0 Å². The Labute approximate surface area is 88.8 Å². The lowest BCUT2D eigenvalue weighted by Crippen LogP contribution is -2.37. The molecule has 0 amide bonds. The molecule has 0 heterocycles. The molecule has 1 fully saturated rings. The summed E-state index contributed by atoms with van der Waals surface area (Å²) < 4.78 is 0. The number of nitrogens with zero attached hydrogens (tertiary/aromatic N) is 1. The fourth-order valence-corrected chi connectivity index (χ4v) is 2.55. The zero-order valence-electron chi connectivity index (χ0n) is 9.84. The molecule has 0 radical (unpaired) electrons. The van der Waals surface area contributed by atoms with Crippen molar-refractivity contribution in [2.45, 2.75) is 52.0 Å². The standard InChI is InChI=1S/C12H26N2/c1-3-8-14(9-4-2)10-11-6-5-7-12(11)13/h11-12H,3-10,13H2,1-2H3. The third kappa shape index (κ3) is 3.58. The van der Waals surface area contributed by atoms with Crippen LogP contribution in [0, 0.1) is 5.92 Å². The van der Waals surface area contributed by atoms with E-state index in [4.69, 9.17) is 5.73 Å². The van der Waals surface area contributed by atoms with Crippen LogP contribution in [0.3, 0.4) is 0 Å². The highest BCUT2D eigenvalue weighted by atomic mass is 15.1. The van der Waals surface area contributed by atoms with E-state index in [0.717, 1.165) is 5.92 Å². The van der Waals surface area contributed by atoms with Crippen molar-refractivity contribution >= 4 is 0 Å². The van der Waals surface area contributed by atoms with Crippen molar-refractivity contribution in [3.8, 4) is 0 Å². The minimum atomic E-state index is 0.478. The van der Waals surface area contributed by atoms with Crippen molar-refractivity contribution in [3.05, 3.63) is 0 Å². The Hall–Kier alpha value is -0.0800. The second-order valence-electron chi connectivity index (χ2n) is 4.66. The van der Waals surface area contributed by atoms with E-state index < -0.39 is 0 Å². The largest absolute Gasteiger partial charge is 0.327 e. The maximum absolute atomic E-state index is 6.09. The predicted molar refractivity (Wildman–Crippen MR) is 62.3 cm³/mol. The summed E-state index contributed by atoms with van der Waals surface area (Å²) in [7, 11) is 0. The third-order valence-corrected chi connectivity index (χ3v) is 3.29. The fourth-order valence-electron chi connectivity index (χ4n) is 2.55. The summed E-state index contributed by atoms with van der Waals surface area (Å²) in [6, 6.07) is 0.478. The highest BCUT2D eigenvalue weighted by molar-refractivity contribution is 4.82. The van der Waals surface area contributed by atoms with Gasteiger partial charge >= 0.3 is 0 Å². The molecule has 84 valence electrons. The van der Waals surface area contributed by atoms with Gasteiger partial charge in [-0.25, -0.2) is 0 Å². The molecule has 0 bridgehead atoms. The van der Waals surface area contributed by atoms with Gasteiger partial charge in [0, 0.05) is 12.6 Å². The summed E-state index contributed by atoms with van der Waals surface area (Å²) in [4.78, 5) is 2.59. The average molecular weight is 198 g/mol. The molecule has 1 rings (SSSR count). The van der Waals surface area contributed by atoms with E-state index in [1.807, 2.05) is 0 Å². The molecule has 2 nitrogen and oxygen atoms in total. The third-order valence-electron chi connectivity index (χ3n) is 3.29. The quantitative estimate of drug-likeness (QED) is 0.709. The lowest BCUT2D eigenvalue weighted by molar-refractivity contribution is 0.223.